The Morgan fingerprint density at radius 1 is 1.24 bits per heavy atom. The summed E-state index contributed by atoms with van der Waals surface area (Å²) in [4.78, 5) is 11.4. The minimum absolute atomic E-state index is 0.284. The third-order valence-corrected chi connectivity index (χ3v) is 3.74. The van der Waals surface area contributed by atoms with E-state index in [9.17, 15) is 4.79 Å². The Balaban J connectivity index is 2.08. The molecule has 1 N–H and O–H groups in total. The first kappa shape index (κ1) is 18.7. The summed E-state index contributed by atoms with van der Waals surface area (Å²) in [6.45, 7) is 4.23. The van der Waals surface area contributed by atoms with E-state index in [0.29, 0.717) is 11.6 Å². The van der Waals surface area contributed by atoms with Gasteiger partial charge in [-0.15, -0.1) is 0 Å². The highest BCUT2D eigenvalue weighted by Gasteiger charge is 2.07. The van der Waals surface area contributed by atoms with Gasteiger partial charge in [-0.1, -0.05) is 48.0 Å². The minimum atomic E-state index is -0.471. The molecule has 0 aliphatic heterocycles. The van der Waals surface area contributed by atoms with Crippen molar-refractivity contribution < 1.29 is 9.53 Å². The van der Waals surface area contributed by atoms with Crippen molar-refractivity contribution >= 4 is 29.6 Å². The van der Waals surface area contributed by atoms with Crippen LogP contribution in [0.15, 0.2) is 58.7 Å². The predicted molar refractivity (Wildman–Crippen MR) is 102 cm³/mol. The molecule has 0 atom stereocenters. The van der Waals surface area contributed by atoms with Gasteiger partial charge in [-0.3, -0.25) is 0 Å². The standard InChI is InChI=1S/C19H20ClN3O2/c1-3-25-19(24)21-13-17-11-16(9-10-18(17)20)14(2)23-22-12-15-7-5-4-6-8-15/h4-12H,3,13H2,1-2H3,(H,21,24)/b22-12+,23-14+. The van der Waals surface area contributed by atoms with Gasteiger partial charge in [0, 0.05) is 11.6 Å². The van der Waals surface area contributed by atoms with Gasteiger partial charge >= 0.3 is 6.09 Å². The number of amides is 1. The summed E-state index contributed by atoms with van der Waals surface area (Å²) in [7, 11) is 0. The lowest BCUT2D eigenvalue weighted by Crippen LogP contribution is -2.23. The average molecular weight is 358 g/mol. The van der Waals surface area contributed by atoms with Crippen LogP contribution in [0.5, 0.6) is 0 Å². The first-order chi connectivity index (χ1) is 12.1. The van der Waals surface area contributed by atoms with Crippen molar-refractivity contribution in [3.05, 3.63) is 70.2 Å². The number of carbonyl (C=O) groups excluding carboxylic acids is 1. The Kier molecular flexibility index (Phi) is 7.16. The number of halogens is 1. The molecule has 0 radical (unpaired) electrons. The second-order valence-corrected chi connectivity index (χ2v) is 5.63. The molecule has 0 saturated carbocycles. The lowest BCUT2D eigenvalue weighted by molar-refractivity contribution is 0.151. The number of benzene rings is 2. The molecule has 0 spiro atoms. The van der Waals surface area contributed by atoms with E-state index < -0.39 is 6.09 Å². The van der Waals surface area contributed by atoms with Crippen LogP contribution >= 0.6 is 11.6 Å². The lowest BCUT2D eigenvalue weighted by atomic mass is 10.1. The second kappa shape index (κ2) is 9.59. The van der Waals surface area contributed by atoms with Crippen molar-refractivity contribution in [3.63, 3.8) is 0 Å². The molecule has 2 aromatic carbocycles. The Labute approximate surface area is 152 Å². The molecule has 2 rings (SSSR count). The van der Waals surface area contributed by atoms with Crippen molar-refractivity contribution in [1.29, 1.82) is 0 Å². The van der Waals surface area contributed by atoms with Crippen molar-refractivity contribution in [1.82, 2.24) is 5.32 Å². The van der Waals surface area contributed by atoms with E-state index >= 15 is 0 Å². The van der Waals surface area contributed by atoms with Gasteiger partial charge in [0.25, 0.3) is 0 Å². The SMILES string of the molecule is CCOC(=O)NCc1cc(/C(C)=N/N=C/c2ccccc2)ccc1Cl. The van der Waals surface area contributed by atoms with Crippen LogP contribution in [-0.4, -0.2) is 24.6 Å². The van der Waals surface area contributed by atoms with E-state index in [0.717, 1.165) is 22.4 Å². The molecule has 0 unspecified atom stereocenters. The molecule has 0 saturated heterocycles. The van der Waals surface area contributed by atoms with Crippen LogP contribution in [0.25, 0.3) is 0 Å². The summed E-state index contributed by atoms with van der Waals surface area (Å²) in [5, 5.41) is 11.6. The van der Waals surface area contributed by atoms with Gasteiger partial charge in [0.2, 0.25) is 0 Å². The van der Waals surface area contributed by atoms with Crippen LogP contribution in [0.1, 0.15) is 30.5 Å². The third kappa shape index (κ3) is 6.04. The first-order valence-corrected chi connectivity index (χ1v) is 8.30. The van der Waals surface area contributed by atoms with E-state index in [1.165, 1.54) is 0 Å². The number of rotatable bonds is 6. The van der Waals surface area contributed by atoms with Crippen LogP contribution in [0, 0.1) is 0 Å². The third-order valence-electron chi connectivity index (χ3n) is 3.38. The number of nitrogens with one attached hydrogen (secondary N) is 1. The second-order valence-electron chi connectivity index (χ2n) is 5.22. The van der Waals surface area contributed by atoms with Crippen LogP contribution in [-0.2, 0) is 11.3 Å². The van der Waals surface area contributed by atoms with Gasteiger partial charge in [0.05, 0.1) is 18.5 Å². The molecule has 0 aromatic heterocycles. The summed E-state index contributed by atoms with van der Waals surface area (Å²) < 4.78 is 4.84. The highest BCUT2D eigenvalue weighted by atomic mass is 35.5. The van der Waals surface area contributed by atoms with Gasteiger partial charge in [-0.05, 0) is 42.7 Å². The van der Waals surface area contributed by atoms with Gasteiger partial charge in [0.15, 0.2) is 0 Å². The molecule has 5 nitrogen and oxygen atoms in total. The van der Waals surface area contributed by atoms with Crippen molar-refractivity contribution in [2.24, 2.45) is 10.2 Å². The van der Waals surface area contributed by atoms with Crippen LogP contribution in [0.4, 0.5) is 4.79 Å². The zero-order valence-electron chi connectivity index (χ0n) is 14.2. The van der Waals surface area contributed by atoms with Crippen molar-refractivity contribution in [2.75, 3.05) is 6.61 Å². The zero-order valence-corrected chi connectivity index (χ0v) is 15.0. The number of hydrogen-bond donors (Lipinski definition) is 1. The minimum Gasteiger partial charge on any atom is -0.450 e. The molecule has 130 valence electrons. The Hall–Kier alpha value is -2.66. The van der Waals surface area contributed by atoms with E-state index in [-0.39, 0.29) is 6.54 Å². The van der Waals surface area contributed by atoms with Crippen LogP contribution < -0.4 is 5.32 Å². The summed E-state index contributed by atoms with van der Waals surface area (Å²) in [5.41, 5.74) is 3.40. The number of nitrogens with zero attached hydrogens (tertiary/aromatic N) is 2. The normalized spacial score (nSPS) is 11.6. The largest absolute Gasteiger partial charge is 0.450 e. The maximum Gasteiger partial charge on any atom is 0.407 e. The van der Waals surface area contributed by atoms with Crippen molar-refractivity contribution in [3.8, 4) is 0 Å². The van der Waals surface area contributed by atoms with Gasteiger partial charge in [-0.25, -0.2) is 4.79 Å². The van der Waals surface area contributed by atoms with Gasteiger partial charge in [0.1, 0.15) is 0 Å². The molecule has 2 aromatic rings. The molecule has 0 aliphatic rings. The van der Waals surface area contributed by atoms with Crippen LogP contribution in [0.3, 0.4) is 0 Å². The van der Waals surface area contributed by atoms with Gasteiger partial charge in [-0.2, -0.15) is 10.2 Å². The first-order valence-electron chi connectivity index (χ1n) is 7.92. The Morgan fingerprint density at radius 3 is 2.72 bits per heavy atom. The summed E-state index contributed by atoms with van der Waals surface area (Å²) in [5.74, 6) is 0. The molecular weight excluding hydrogens is 338 g/mol. The highest BCUT2D eigenvalue weighted by Crippen LogP contribution is 2.18. The molecule has 0 aliphatic carbocycles. The molecule has 6 heteroatoms. The fourth-order valence-electron chi connectivity index (χ4n) is 2.06. The lowest BCUT2D eigenvalue weighted by Gasteiger charge is -2.09. The number of carbonyl (C=O) groups is 1. The summed E-state index contributed by atoms with van der Waals surface area (Å²) >= 11 is 6.18. The van der Waals surface area contributed by atoms with E-state index in [2.05, 4.69) is 15.5 Å². The predicted octanol–water partition coefficient (Wildman–Crippen LogP) is 4.43. The van der Waals surface area contributed by atoms with E-state index in [4.69, 9.17) is 16.3 Å². The Morgan fingerprint density at radius 2 is 2.00 bits per heavy atom. The van der Waals surface area contributed by atoms with E-state index in [1.54, 1.807) is 19.2 Å². The zero-order chi connectivity index (χ0) is 18.1. The van der Waals surface area contributed by atoms with Crippen LogP contribution in [0.2, 0.25) is 5.02 Å². The number of alkyl carbamates (subject to hydrolysis) is 1. The summed E-state index contributed by atoms with van der Waals surface area (Å²) in [6, 6.07) is 15.3. The highest BCUT2D eigenvalue weighted by molar-refractivity contribution is 6.31. The molecular formula is C19H20ClN3O2. The number of hydrogen-bond acceptors (Lipinski definition) is 4. The quantitative estimate of drug-likeness (QED) is 0.614. The maximum absolute atomic E-state index is 11.4. The molecule has 0 heterocycles. The number of ether oxygens (including phenoxy) is 1. The summed E-state index contributed by atoms with van der Waals surface area (Å²) in [6.07, 6.45) is 1.23. The molecule has 25 heavy (non-hydrogen) atoms. The molecule has 0 bridgehead atoms. The fraction of sp³-hybridized carbons (Fsp3) is 0.211. The van der Waals surface area contributed by atoms with E-state index in [1.807, 2.05) is 49.4 Å². The average Bonchev–Trinajstić information content (AvgIpc) is 2.62. The molecule has 0 fully saturated rings. The smallest absolute Gasteiger partial charge is 0.407 e. The topological polar surface area (TPSA) is 63.0 Å². The van der Waals surface area contributed by atoms with Crippen molar-refractivity contribution in [2.45, 2.75) is 20.4 Å². The Bertz CT molecular complexity index is 773. The monoisotopic (exact) mass is 357 g/mol. The van der Waals surface area contributed by atoms with Gasteiger partial charge < -0.3 is 10.1 Å². The molecule has 1 amide bonds. The maximum atomic E-state index is 11.4. The fourth-order valence-corrected chi connectivity index (χ4v) is 2.25.